The summed E-state index contributed by atoms with van der Waals surface area (Å²) in [5.74, 6) is 1.97. The lowest BCUT2D eigenvalue weighted by Crippen LogP contribution is -2.19. The third-order valence-corrected chi connectivity index (χ3v) is 4.31. The molecular weight excluding hydrogens is 304 g/mol. The molecule has 1 aliphatic heterocycles. The maximum Gasteiger partial charge on any atom is 0.226 e. The van der Waals surface area contributed by atoms with E-state index in [1.54, 1.807) is 10.9 Å². The minimum absolute atomic E-state index is 0.433. The number of anilines is 3. The standard InChI is InChI=1S/C16H20N8/c1-23-15-12(10-20-23)14(17)21-16(22-15)19-9-11-4-5-18-13(8-11)24-6-2-3-7-24/h4-5,8,10H,2-3,6-7,9H2,1H3,(H3,17,19,21,22). The van der Waals surface area contributed by atoms with E-state index >= 15 is 0 Å². The van der Waals surface area contributed by atoms with Crippen molar-refractivity contribution >= 4 is 28.6 Å². The van der Waals surface area contributed by atoms with E-state index in [9.17, 15) is 0 Å². The van der Waals surface area contributed by atoms with Crippen molar-refractivity contribution in [2.75, 3.05) is 29.0 Å². The Morgan fingerprint density at radius 1 is 1.25 bits per heavy atom. The molecule has 0 amide bonds. The number of aromatic nitrogens is 5. The molecular formula is C16H20N8. The van der Waals surface area contributed by atoms with Gasteiger partial charge in [-0.15, -0.1) is 0 Å². The van der Waals surface area contributed by atoms with Crippen LogP contribution in [0.5, 0.6) is 0 Å². The second-order valence-corrected chi connectivity index (χ2v) is 6.01. The Labute approximate surface area is 139 Å². The molecule has 8 nitrogen and oxygen atoms in total. The topological polar surface area (TPSA) is 97.8 Å². The summed E-state index contributed by atoms with van der Waals surface area (Å²) in [5, 5.41) is 8.17. The Hall–Kier alpha value is -2.90. The highest BCUT2D eigenvalue weighted by molar-refractivity contribution is 5.86. The Morgan fingerprint density at radius 2 is 2.08 bits per heavy atom. The largest absolute Gasteiger partial charge is 0.383 e. The summed E-state index contributed by atoms with van der Waals surface area (Å²) >= 11 is 0. The van der Waals surface area contributed by atoms with Gasteiger partial charge >= 0.3 is 0 Å². The van der Waals surface area contributed by atoms with Gasteiger partial charge in [-0.2, -0.15) is 15.1 Å². The number of nitrogens with zero attached hydrogens (tertiary/aromatic N) is 6. The molecule has 3 N–H and O–H groups in total. The first-order valence-electron chi connectivity index (χ1n) is 8.10. The van der Waals surface area contributed by atoms with Crippen LogP contribution >= 0.6 is 0 Å². The molecule has 1 aliphatic rings. The van der Waals surface area contributed by atoms with E-state index < -0.39 is 0 Å². The normalized spacial score (nSPS) is 14.5. The van der Waals surface area contributed by atoms with Crippen molar-refractivity contribution in [3.8, 4) is 0 Å². The Kier molecular flexibility index (Phi) is 3.64. The van der Waals surface area contributed by atoms with Gasteiger partial charge in [0.05, 0.1) is 11.6 Å². The third kappa shape index (κ3) is 2.70. The van der Waals surface area contributed by atoms with Crippen LogP contribution in [0, 0.1) is 0 Å². The molecule has 0 bridgehead atoms. The van der Waals surface area contributed by atoms with Gasteiger partial charge in [0.25, 0.3) is 0 Å². The lowest BCUT2D eigenvalue weighted by Gasteiger charge is -2.17. The average Bonchev–Trinajstić information content (AvgIpc) is 3.24. The fourth-order valence-electron chi connectivity index (χ4n) is 2.99. The van der Waals surface area contributed by atoms with Crippen LogP contribution in [0.1, 0.15) is 18.4 Å². The Morgan fingerprint density at radius 3 is 2.92 bits per heavy atom. The van der Waals surface area contributed by atoms with E-state index in [1.165, 1.54) is 12.8 Å². The average molecular weight is 324 g/mol. The molecule has 1 fully saturated rings. The zero-order valence-corrected chi connectivity index (χ0v) is 13.6. The quantitative estimate of drug-likeness (QED) is 0.751. The first-order valence-corrected chi connectivity index (χ1v) is 8.10. The second kappa shape index (κ2) is 5.95. The molecule has 0 aromatic carbocycles. The van der Waals surface area contributed by atoms with E-state index in [2.05, 4.69) is 36.3 Å². The highest BCUT2D eigenvalue weighted by atomic mass is 15.3. The number of hydrogen-bond donors (Lipinski definition) is 2. The van der Waals surface area contributed by atoms with Gasteiger partial charge in [0.15, 0.2) is 5.65 Å². The van der Waals surface area contributed by atoms with Crippen molar-refractivity contribution in [3.63, 3.8) is 0 Å². The molecule has 3 aromatic rings. The molecule has 0 aliphatic carbocycles. The minimum atomic E-state index is 0.433. The van der Waals surface area contributed by atoms with Crippen LogP contribution < -0.4 is 16.0 Å². The molecule has 0 spiro atoms. The zero-order chi connectivity index (χ0) is 16.5. The number of aryl methyl sites for hydroxylation is 1. The summed E-state index contributed by atoms with van der Waals surface area (Å²) in [7, 11) is 1.84. The van der Waals surface area contributed by atoms with Gasteiger partial charge in [-0.1, -0.05) is 0 Å². The molecule has 3 aromatic heterocycles. The van der Waals surface area contributed by atoms with Crippen LogP contribution in [0.3, 0.4) is 0 Å². The summed E-state index contributed by atoms with van der Waals surface area (Å²) in [6.45, 7) is 2.79. The highest BCUT2D eigenvalue weighted by Gasteiger charge is 2.14. The van der Waals surface area contributed by atoms with Crippen LogP contribution in [-0.2, 0) is 13.6 Å². The van der Waals surface area contributed by atoms with Crippen molar-refractivity contribution < 1.29 is 0 Å². The first kappa shape index (κ1) is 14.7. The van der Waals surface area contributed by atoms with Crippen molar-refractivity contribution in [1.29, 1.82) is 0 Å². The zero-order valence-electron chi connectivity index (χ0n) is 13.6. The van der Waals surface area contributed by atoms with Gasteiger partial charge in [0.1, 0.15) is 11.6 Å². The number of nitrogens with one attached hydrogen (secondary N) is 1. The van der Waals surface area contributed by atoms with Gasteiger partial charge < -0.3 is 16.0 Å². The van der Waals surface area contributed by atoms with Crippen LogP contribution in [0.2, 0.25) is 0 Å². The molecule has 24 heavy (non-hydrogen) atoms. The number of nitrogens with two attached hydrogens (primary N) is 1. The molecule has 4 rings (SSSR count). The number of pyridine rings is 1. The number of hydrogen-bond acceptors (Lipinski definition) is 7. The highest BCUT2D eigenvalue weighted by Crippen LogP contribution is 2.20. The van der Waals surface area contributed by atoms with Crippen molar-refractivity contribution in [1.82, 2.24) is 24.7 Å². The van der Waals surface area contributed by atoms with E-state index in [4.69, 9.17) is 5.73 Å². The van der Waals surface area contributed by atoms with Crippen molar-refractivity contribution in [2.24, 2.45) is 7.05 Å². The van der Waals surface area contributed by atoms with Gasteiger partial charge in [0, 0.05) is 32.9 Å². The SMILES string of the molecule is Cn1ncc2c(N)nc(NCc3ccnc(N4CCCC4)c3)nc21. The Balaban J connectivity index is 1.52. The van der Waals surface area contributed by atoms with Crippen LogP contribution in [0.4, 0.5) is 17.6 Å². The van der Waals surface area contributed by atoms with E-state index in [0.29, 0.717) is 18.3 Å². The maximum absolute atomic E-state index is 5.99. The molecule has 0 radical (unpaired) electrons. The van der Waals surface area contributed by atoms with Gasteiger partial charge in [0.2, 0.25) is 5.95 Å². The predicted octanol–water partition coefficient (Wildman–Crippen LogP) is 1.55. The summed E-state index contributed by atoms with van der Waals surface area (Å²) < 4.78 is 1.69. The molecule has 0 atom stereocenters. The summed E-state index contributed by atoms with van der Waals surface area (Å²) in [6, 6.07) is 4.11. The van der Waals surface area contributed by atoms with E-state index in [-0.39, 0.29) is 0 Å². The minimum Gasteiger partial charge on any atom is -0.383 e. The molecule has 8 heteroatoms. The monoisotopic (exact) mass is 324 g/mol. The van der Waals surface area contributed by atoms with Crippen LogP contribution in [0.15, 0.2) is 24.5 Å². The summed E-state index contributed by atoms with van der Waals surface area (Å²) in [4.78, 5) is 15.6. The fourth-order valence-corrected chi connectivity index (χ4v) is 2.99. The van der Waals surface area contributed by atoms with E-state index in [0.717, 1.165) is 35.5 Å². The first-order chi connectivity index (χ1) is 11.7. The fraction of sp³-hybridized carbons (Fsp3) is 0.375. The van der Waals surface area contributed by atoms with Crippen molar-refractivity contribution in [3.05, 3.63) is 30.1 Å². The number of nitrogen functional groups attached to an aromatic ring is 1. The second-order valence-electron chi connectivity index (χ2n) is 6.01. The predicted molar refractivity (Wildman–Crippen MR) is 93.7 cm³/mol. The molecule has 1 saturated heterocycles. The van der Waals surface area contributed by atoms with Crippen molar-refractivity contribution in [2.45, 2.75) is 19.4 Å². The Bertz CT molecular complexity index is 866. The van der Waals surface area contributed by atoms with Crippen LogP contribution in [0.25, 0.3) is 11.0 Å². The van der Waals surface area contributed by atoms with Gasteiger partial charge in [-0.3, -0.25) is 4.68 Å². The van der Waals surface area contributed by atoms with E-state index in [1.807, 2.05) is 19.3 Å². The number of fused-ring (bicyclic) bond motifs is 1. The third-order valence-electron chi connectivity index (χ3n) is 4.31. The number of rotatable bonds is 4. The molecule has 4 heterocycles. The van der Waals surface area contributed by atoms with Crippen LogP contribution in [-0.4, -0.2) is 37.8 Å². The summed E-state index contributed by atoms with van der Waals surface area (Å²) in [5.41, 5.74) is 7.84. The van der Waals surface area contributed by atoms with Gasteiger partial charge in [-0.25, -0.2) is 4.98 Å². The molecule has 0 saturated carbocycles. The van der Waals surface area contributed by atoms with Gasteiger partial charge in [-0.05, 0) is 30.5 Å². The lowest BCUT2D eigenvalue weighted by molar-refractivity contribution is 0.785. The molecule has 124 valence electrons. The summed E-state index contributed by atoms with van der Waals surface area (Å²) in [6.07, 6.45) is 6.01. The maximum atomic E-state index is 5.99. The smallest absolute Gasteiger partial charge is 0.226 e. The lowest BCUT2D eigenvalue weighted by atomic mass is 10.2. The molecule has 0 unspecified atom stereocenters.